The minimum absolute atomic E-state index is 0.314. The van der Waals surface area contributed by atoms with Crippen molar-refractivity contribution < 1.29 is 9.94 Å². The second kappa shape index (κ2) is 6.06. The lowest BCUT2D eigenvalue weighted by Crippen LogP contribution is -2.39. The van der Waals surface area contributed by atoms with Gasteiger partial charge in [-0.05, 0) is 13.0 Å². The highest BCUT2D eigenvalue weighted by Gasteiger charge is 2.23. The maximum Gasteiger partial charge on any atom is 0.123 e. The summed E-state index contributed by atoms with van der Waals surface area (Å²) >= 11 is 0. The fraction of sp³-hybridized carbons (Fsp3) is 0.533. The molecule has 1 N–H and O–H groups in total. The van der Waals surface area contributed by atoms with E-state index in [1.807, 2.05) is 6.07 Å². The number of piperidine rings is 1. The number of hydrogen-bond acceptors (Lipinski definition) is 4. The van der Waals surface area contributed by atoms with Crippen molar-refractivity contribution in [3.05, 3.63) is 29.3 Å². The maximum atomic E-state index is 8.91. The maximum absolute atomic E-state index is 8.91. The average molecular weight is 262 g/mol. The monoisotopic (exact) mass is 262 g/mol. The fourth-order valence-electron chi connectivity index (χ4n) is 2.67. The molecule has 1 fully saturated rings. The van der Waals surface area contributed by atoms with Gasteiger partial charge in [-0.2, -0.15) is 0 Å². The van der Waals surface area contributed by atoms with Gasteiger partial charge in [0, 0.05) is 37.5 Å². The van der Waals surface area contributed by atoms with Crippen molar-refractivity contribution in [3.8, 4) is 5.75 Å². The summed E-state index contributed by atoms with van der Waals surface area (Å²) < 4.78 is 5.42. The smallest absolute Gasteiger partial charge is 0.123 e. The summed E-state index contributed by atoms with van der Waals surface area (Å²) in [5, 5.41) is 12.3. The van der Waals surface area contributed by atoms with Crippen molar-refractivity contribution in [2.24, 2.45) is 11.1 Å². The predicted octanol–water partition coefficient (Wildman–Crippen LogP) is 2.68. The number of aryl methyl sites for hydroxylation is 1. The van der Waals surface area contributed by atoms with Gasteiger partial charge < -0.3 is 9.94 Å². The number of rotatable bonds is 3. The molecule has 1 aliphatic rings. The van der Waals surface area contributed by atoms with Crippen LogP contribution >= 0.6 is 0 Å². The van der Waals surface area contributed by atoms with E-state index in [1.165, 1.54) is 11.1 Å². The number of nitrogens with zero attached hydrogens (tertiary/aromatic N) is 2. The van der Waals surface area contributed by atoms with Gasteiger partial charge in [0.25, 0.3) is 0 Å². The minimum atomic E-state index is 0.314. The summed E-state index contributed by atoms with van der Waals surface area (Å²) in [7, 11) is 1.71. The summed E-state index contributed by atoms with van der Waals surface area (Å²) in [6.45, 7) is 6.94. The Morgan fingerprint density at radius 3 is 2.89 bits per heavy atom. The van der Waals surface area contributed by atoms with Crippen LogP contribution in [-0.4, -0.2) is 36.0 Å². The first kappa shape index (κ1) is 13.9. The molecule has 19 heavy (non-hydrogen) atoms. The summed E-state index contributed by atoms with van der Waals surface area (Å²) in [4.78, 5) is 2.39. The lowest BCUT2D eigenvalue weighted by molar-refractivity contribution is 0.226. The molecule has 0 saturated carbocycles. The molecule has 1 aromatic rings. The molecule has 1 unspecified atom stereocenters. The van der Waals surface area contributed by atoms with Gasteiger partial charge in [-0.1, -0.05) is 29.8 Å². The van der Waals surface area contributed by atoms with E-state index in [-0.39, 0.29) is 0 Å². The fourth-order valence-corrected chi connectivity index (χ4v) is 2.67. The predicted molar refractivity (Wildman–Crippen MR) is 76.0 cm³/mol. The van der Waals surface area contributed by atoms with Crippen LogP contribution in [0.25, 0.3) is 0 Å². The molecule has 0 radical (unpaired) electrons. The van der Waals surface area contributed by atoms with Crippen molar-refractivity contribution in [1.82, 2.24) is 4.90 Å². The zero-order chi connectivity index (χ0) is 13.8. The molecule has 1 aliphatic heterocycles. The molecule has 0 amide bonds. The average Bonchev–Trinajstić information content (AvgIpc) is 2.39. The third-order valence-electron chi connectivity index (χ3n) is 3.74. The highest BCUT2D eigenvalue weighted by Crippen LogP contribution is 2.23. The van der Waals surface area contributed by atoms with E-state index < -0.39 is 0 Å². The highest BCUT2D eigenvalue weighted by molar-refractivity contribution is 5.86. The molecule has 0 spiro atoms. The third kappa shape index (κ3) is 3.26. The first-order valence-electron chi connectivity index (χ1n) is 6.70. The van der Waals surface area contributed by atoms with E-state index in [2.05, 4.69) is 36.0 Å². The first-order chi connectivity index (χ1) is 9.13. The van der Waals surface area contributed by atoms with Crippen LogP contribution in [0.1, 0.15) is 24.5 Å². The van der Waals surface area contributed by atoms with Gasteiger partial charge in [0.05, 0.1) is 12.8 Å². The standard InChI is InChI=1S/C15H22N2O2/c1-11-4-5-15(19-3)13(8-11)10-17-7-6-14(16-18)12(2)9-17/h4-5,8,12,18H,6-7,9-10H2,1-3H3/b16-14-. The van der Waals surface area contributed by atoms with Gasteiger partial charge in [0.15, 0.2) is 0 Å². The summed E-state index contributed by atoms with van der Waals surface area (Å²) in [6, 6.07) is 6.27. The Hall–Kier alpha value is -1.55. The van der Waals surface area contributed by atoms with Crippen LogP contribution in [0, 0.1) is 12.8 Å². The van der Waals surface area contributed by atoms with E-state index in [0.29, 0.717) is 5.92 Å². The van der Waals surface area contributed by atoms with Crippen molar-refractivity contribution in [2.75, 3.05) is 20.2 Å². The highest BCUT2D eigenvalue weighted by atomic mass is 16.5. The molecule has 0 aromatic heterocycles. The first-order valence-corrected chi connectivity index (χ1v) is 6.70. The largest absolute Gasteiger partial charge is 0.496 e. The zero-order valence-corrected chi connectivity index (χ0v) is 11.9. The Morgan fingerprint density at radius 2 is 2.26 bits per heavy atom. The SMILES string of the molecule is COc1ccc(C)cc1CN1CC/C(=N/O)C(C)C1. The number of benzene rings is 1. The minimum Gasteiger partial charge on any atom is -0.496 e. The molecular formula is C15H22N2O2. The Bertz CT molecular complexity index is 471. The lowest BCUT2D eigenvalue weighted by atomic mass is 9.97. The van der Waals surface area contributed by atoms with E-state index in [0.717, 1.165) is 37.5 Å². The van der Waals surface area contributed by atoms with Gasteiger partial charge in [-0.15, -0.1) is 0 Å². The van der Waals surface area contributed by atoms with Gasteiger partial charge in [-0.3, -0.25) is 4.90 Å². The van der Waals surface area contributed by atoms with Gasteiger partial charge in [-0.25, -0.2) is 0 Å². The van der Waals surface area contributed by atoms with Crippen LogP contribution in [0.4, 0.5) is 0 Å². The molecule has 1 heterocycles. The number of hydrogen-bond donors (Lipinski definition) is 1. The molecule has 4 heteroatoms. The summed E-state index contributed by atoms with van der Waals surface area (Å²) in [6.07, 6.45) is 0.839. The number of ether oxygens (including phenoxy) is 1. The molecule has 104 valence electrons. The van der Waals surface area contributed by atoms with E-state index in [1.54, 1.807) is 7.11 Å². The van der Waals surface area contributed by atoms with Gasteiger partial charge >= 0.3 is 0 Å². The lowest BCUT2D eigenvalue weighted by Gasteiger charge is -2.31. The second-order valence-electron chi connectivity index (χ2n) is 5.29. The Labute approximate surface area is 114 Å². The molecular weight excluding hydrogens is 240 g/mol. The van der Waals surface area contributed by atoms with Crippen LogP contribution in [-0.2, 0) is 6.54 Å². The van der Waals surface area contributed by atoms with Gasteiger partial charge in [0.1, 0.15) is 5.75 Å². The Balaban J connectivity index is 2.08. The second-order valence-corrected chi connectivity index (χ2v) is 5.29. The topological polar surface area (TPSA) is 45.1 Å². The van der Waals surface area contributed by atoms with E-state index in [9.17, 15) is 0 Å². The quantitative estimate of drug-likeness (QED) is 0.673. The van der Waals surface area contributed by atoms with Crippen LogP contribution in [0.15, 0.2) is 23.4 Å². The van der Waals surface area contributed by atoms with Crippen LogP contribution in [0.5, 0.6) is 5.75 Å². The van der Waals surface area contributed by atoms with E-state index >= 15 is 0 Å². The number of oxime groups is 1. The molecule has 2 rings (SSSR count). The number of methoxy groups -OCH3 is 1. The normalized spacial score (nSPS) is 22.7. The van der Waals surface area contributed by atoms with E-state index in [4.69, 9.17) is 9.94 Å². The molecule has 0 bridgehead atoms. The number of likely N-dealkylation sites (tertiary alicyclic amines) is 1. The van der Waals surface area contributed by atoms with Crippen molar-refractivity contribution >= 4 is 5.71 Å². The summed E-state index contributed by atoms with van der Waals surface area (Å²) in [5.74, 6) is 1.26. The van der Waals surface area contributed by atoms with Gasteiger partial charge in [0.2, 0.25) is 0 Å². The molecule has 0 aliphatic carbocycles. The van der Waals surface area contributed by atoms with Crippen molar-refractivity contribution in [2.45, 2.75) is 26.8 Å². The molecule has 1 atom stereocenters. The zero-order valence-electron chi connectivity index (χ0n) is 11.9. The van der Waals surface area contributed by atoms with Crippen LogP contribution in [0.2, 0.25) is 0 Å². The summed E-state index contributed by atoms with van der Waals surface area (Å²) in [5.41, 5.74) is 3.38. The molecule has 1 aromatic carbocycles. The molecule has 4 nitrogen and oxygen atoms in total. The van der Waals surface area contributed by atoms with Crippen LogP contribution in [0.3, 0.4) is 0 Å². The Morgan fingerprint density at radius 1 is 1.47 bits per heavy atom. The van der Waals surface area contributed by atoms with Crippen molar-refractivity contribution in [1.29, 1.82) is 0 Å². The van der Waals surface area contributed by atoms with Crippen LogP contribution < -0.4 is 4.74 Å². The van der Waals surface area contributed by atoms with Crippen molar-refractivity contribution in [3.63, 3.8) is 0 Å². The molecule has 1 saturated heterocycles. The third-order valence-corrected chi connectivity index (χ3v) is 3.74. The Kier molecular flexibility index (Phi) is 4.43.